The lowest BCUT2D eigenvalue weighted by Gasteiger charge is -2.34. The van der Waals surface area contributed by atoms with Crippen LogP contribution >= 0.6 is 0 Å². The molecule has 0 radical (unpaired) electrons. The van der Waals surface area contributed by atoms with E-state index in [2.05, 4.69) is 22.9 Å². The molecule has 154 valence electrons. The zero-order valence-electron chi connectivity index (χ0n) is 17.2. The van der Waals surface area contributed by atoms with Crippen LogP contribution in [0.5, 0.6) is 0 Å². The second kappa shape index (κ2) is 10.1. The van der Waals surface area contributed by atoms with E-state index in [-0.39, 0.29) is 18.0 Å². The number of anilines is 2. The van der Waals surface area contributed by atoms with Gasteiger partial charge >= 0.3 is 6.03 Å². The van der Waals surface area contributed by atoms with Gasteiger partial charge in [-0.1, -0.05) is 31.2 Å². The van der Waals surface area contributed by atoms with Gasteiger partial charge in [0, 0.05) is 29.5 Å². The number of nitrogens with one attached hydrogen (secondary N) is 3. The van der Waals surface area contributed by atoms with E-state index in [0.29, 0.717) is 11.3 Å². The Morgan fingerprint density at radius 1 is 1.07 bits per heavy atom. The van der Waals surface area contributed by atoms with Gasteiger partial charge < -0.3 is 20.9 Å². The maximum absolute atomic E-state index is 13.3. The van der Waals surface area contributed by atoms with Crippen molar-refractivity contribution in [3.63, 3.8) is 0 Å². The van der Waals surface area contributed by atoms with Gasteiger partial charge in [0.2, 0.25) is 0 Å². The van der Waals surface area contributed by atoms with Gasteiger partial charge in [-0.05, 0) is 69.1 Å². The highest BCUT2D eigenvalue weighted by atomic mass is 16.2. The topological polar surface area (TPSA) is 73.5 Å². The molecule has 3 amide bonds. The SMILES string of the molecule is CCCN(C(=O)c1ccc(C)c(NC(=O)Nc2ccccc2)c1)C1CCNCC1. The van der Waals surface area contributed by atoms with Gasteiger partial charge in [-0.15, -0.1) is 0 Å². The maximum Gasteiger partial charge on any atom is 0.323 e. The Bertz CT molecular complexity index is 832. The molecule has 29 heavy (non-hydrogen) atoms. The summed E-state index contributed by atoms with van der Waals surface area (Å²) in [7, 11) is 0. The van der Waals surface area contributed by atoms with Gasteiger partial charge in [0.1, 0.15) is 0 Å². The first-order valence-corrected chi connectivity index (χ1v) is 10.3. The molecule has 1 heterocycles. The molecule has 6 nitrogen and oxygen atoms in total. The van der Waals surface area contributed by atoms with E-state index in [0.717, 1.165) is 50.1 Å². The molecule has 0 aromatic heterocycles. The van der Waals surface area contributed by atoms with Crippen molar-refractivity contribution in [1.29, 1.82) is 0 Å². The normalized spacial score (nSPS) is 14.3. The largest absolute Gasteiger partial charge is 0.336 e. The molecule has 0 atom stereocenters. The summed E-state index contributed by atoms with van der Waals surface area (Å²) in [6.45, 7) is 6.64. The standard InChI is InChI=1S/C23H30N4O2/c1-3-15-27(20-11-13-24-14-12-20)22(28)18-10-9-17(2)21(16-18)26-23(29)25-19-7-5-4-6-8-19/h4-10,16,20,24H,3,11-15H2,1-2H3,(H2,25,26,29). The Labute approximate surface area is 172 Å². The molecule has 0 aliphatic carbocycles. The van der Waals surface area contributed by atoms with Gasteiger partial charge in [-0.2, -0.15) is 0 Å². The highest BCUT2D eigenvalue weighted by molar-refractivity contribution is 6.02. The molecule has 1 fully saturated rings. The molecule has 2 aromatic carbocycles. The van der Waals surface area contributed by atoms with E-state index >= 15 is 0 Å². The molecule has 3 N–H and O–H groups in total. The smallest absolute Gasteiger partial charge is 0.323 e. The van der Waals surface area contributed by atoms with Crippen LogP contribution in [0.1, 0.15) is 42.1 Å². The summed E-state index contributed by atoms with van der Waals surface area (Å²) in [5.74, 6) is 0.0327. The number of rotatable bonds is 6. The van der Waals surface area contributed by atoms with E-state index < -0.39 is 0 Å². The van der Waals surface area contributed by atoms with E-state index in [1.165, 1.54) is 0 Å². The summed E-state index contributed by atoms with van der Waals surface area (Å²) in [6, 6.07) is 14.7. The summed E-state index contributed by atoms with van der Waals surface area (Å²) >= 11 is 0. The van der Waals surface area contributed by atoms with Crippen molar-refractivity contribution in [1.82, 2.24) is 10.2 Å². The van der Waals surface area contributed by atoms with Gasteiger partial charge in [0.25, 0.3) is 5.91 Å². The molecule has 0 bridgehead atoms. The van der Waals surface area contributed by atoms with Crippen molar-refractivity contribution in [3.05, 3.63) is 59.7 Å². The number of urea groups is 1. The Hall–Kier alpha value is -2.86. The average molecular weight is 395 g/mol. The van der Waals surface area contributed by atoms with Crippen LogP contribution in [0.2, 0.25) is 0 Å². The first-order chi connectivity index (χ1) is 14.1. The van der Waals surface area contributed by atoms with Crippen molar-refractivity contribution < 1.29 is 9.59 Å². The summed E-state index contributed by atoms with van der Waals surface area (Å²) in [5.41, 5.74) is 2.88. The minimum absolute atomic E-state index is 0.0327. The second-order valence-corrected chi connectivity index (χ2v) is 7.45. The van der Waals surface area contributed by atoms with Crippen molar-refractivity contribution in [2.75, 3.05) is 30.3 Å². The van der Waals surface area contributed by atoms with Crippen molar-refractivity contribution in [3.8, 4) is 0 Å². The van der Waals surface area contributed by atoms with Crippen LogP contribution in [0.3, 0.4) is 0 Å². The molecular weight excluding hydrogens is 364 g/mol. The fourth-order valence-corrected chi connectivity index (χ4v) is 3.67. The molecule has 0 spiro atoms. The number of hydrogen-bond donors (Lipinski definition) is 3. The van der Waals surface area contributed by atoms with Crippen LogP contribution in [0.15, 0.2) is 48.5 Å². The fraction of sp³-hybridized carbons (Fsp3) is 0.391. The number of nitrogens with zero attached hydrogens (tertiary/aromatic N) is 1. The number of carbonyl (C=O) groups is 2. The fourth-order valence-electron chi connectivity index (χ4n) is 3.67. The first-order valence-electron chi connectivity index (χ1n) is 10.3. The molecule has 6 heteroatoms. The van der Waals surface area contributed by atoms with E-state index in [4.69, 9.17) is 0 Å². The molecule has 0 unspecified atom stereocenters. The number of benzene rings is 2. The number of aryl methyl sites for hydroxylation is 1. The van der Waals surface area contributed by atoms with E-state index in [9.17, 15) is 9.59 Å². The predicted octanol–water partition coefficient (Wildman–Crippen LogP) is 4.24. The molecule has 1 saturated heterocycles. The van der Waals surface area contributed by atoms with Crippen LogP contribution in [0.4, 0.5) is 16.2 Å². The van der Waals surface area contributed by atoms with Crippen molar-refractivity contribution in [2.45, 2.75) is 39.2 Å². The number of amides is 3. The van der Waals surface area contributed by atoms with Crippen LogP contribution in [-0.2, 0) is 0 Å². The highest BCUT2D eigenvalue weighted by Gasteiger charge is 2.26. The Balaban J connectivity index is 1.74. The molecule has 2 aromatic rings. The number of para-hydroxylation sites is 1. The third-order valence-corrected chi connectivity index (χ3v) is 5.24. The quantitative estimate of drug-likeness (QED) is 0.686. The van der Waals surface area contributed by atoms with E-state index in [1.807, 2.05) is 54.3 Å². The summed E-state index contributed by atoms with van der Waals surface area (Å²) in [5, 5.41) is 9.04. The Morgan fingerprint density at radius 2 is 1.79 bits per heavy atom. The highest BCUT2D eigenvalue weighted by Crippen LogP contribution is 2.21. The molecular formula is C23H30N4O2. The van der Waals surface area contributed by atoms with Crippen molar-refractivity contribution >= 4 is 23.3 Å². The van der Waals surface area contributed by atoms with Crippen LogP contribution in [0.25, 0.3) is 0 Å². The zero-order valence-corrected chi connectivity index (χ0v) is 17.2. The van der Waals surface area contributed by atoms with E-state index in [1.54, 1.807) is 6.07 Å². The number of carbonyl (C=O) groups excluding carboxylic acids is 2. The summed E-state index contributed by atoms with van der Waals surface area (Å²) in [6.07, 6.45) is 2.87. The van der Waals surface area contributed by atoms with Crippen LogP contribution in [-0.4, -0.2) is 42.5 Å². The lowest BCUT2D eigenvalue weighted by molar-refractivity contribution is 0.0642. The van der Waals surface area contributed by atoms with Gasteiger partial charge in [-0.25, -0.2) is 4.79 Å². The summed E-state index contributed by atoms with van der Waals surface area (Å²) < 4.78 is 0. The van der Waals surface area contributed by atoms with Crippen LogP contribution < -0.4 is 16.0 Å². The molecule has 0 saturated carbocycles. The van der Waals surface area contributed by atoms with Gasteiger partial charge in [0.05, 0.1) is 0 Å². The predicted molar refractivity (Wildman–Crippen MR) is 117 cm³/mol. The molecule has 3 rings (SSSR count). The van der Waals surface area contributed by atoms with Gasteiger partial charge in [-0.3, -0.25) is 4.79 Å². The lowest BCUT2D eigenvalue weighted by Crippen LogP contribution is -2.46. The Morgan fingerprint density at radius 3 is 2.48 bits per heavy atom. The van der Waals surface area contributed by atoms with Crippen molar-refractivity contribution in [2.24, 2.45) is 0 Å². The number of piperidine rings is 1. The molecule has 1 aliphatic rings. The molecule has 1 aliphatic heterocycles. The minimum Gasteiger partial charge on any atom is -0.336 e. The second-order valence-electron chi connectivity index (χ2n) is 7.45. The third kappa shape index (κ3) is 5.57. The van der Waals surface area contributed by atoms with Crippen LogP contribution in [0, 0.1) is 6.92 Å². The summed E-state index contributed by atoms with van der Waals surface area (Å²) in [4.78, 5) is 27.6. The average Bonchev–Trinajstić information content (AvgIpc) is 2.74. The zero-order chi connectivity index (χ0) is 20.6. The first kappa shape index (κ1) is 20.9. The Kier molecular flexibility index (Phi) is 7.25. The number of hydrogen-bond acceptors (Lipinski definition) is 3. The third-order valence-electron chi connectivity index (χ3n) is 5.24. The maximum atomic E-state index is 13.3. The monoisotopic (exact) mass is 394 g/mol. The van der Waals surface area contributed by atoms with Gasteiger partial charge in [0.15, 0.2) is 0 Å². The lowest BCUT2D eigenvalue weighted by atomic mass is 10.0. The minimum atomic E-state index is -0.326.